The summed E-state index contributed by atoms with van der Waals surface area (Å²) in [5.74, 6) is -0.496. The van der Waals surface area contributed by atoms with Gasteiger partial charge in [-0.1, -0.05) is 54.6 Å². The normalized spacial score (nSPS) is 14.3. The highest BCUT2D eigenvalue weighted by Gasteiger charge is 2.55. The summed E-state index contributed by atoms with van der Waals surface area (Å²) in [5.41, 5.74) is 1.14. The first-order chi connectivity index (χ1) is 14.5. The fourth-order valence-corrected chi connectivity index (χ4v) is 3.99. The van der Waals surface area contributed by atoms with Crippen LogP contribution in [0.1, 0.15) is 38.3 Å². The largest absolute Gasteiger partial charge is 0.497 e. The molecule has 0 aromatic heterocycles. The molecule has 1 amide bonds. The topological polar surface area (TPSA) is 72.5 Å². The fourth-order valence-electron chi connectivity index (χ4n) is 3.99. The molecule has 3 aromatic carbocycles. The average Bonchev–Trinajstić information content (AvgIpc) is 2.98. The summed E-state index contributed by atoms with van der Waals surface area (Å²) in [5, 5.41) is 2.85. The maximum atomic E-state index is 13.5. The Morgan fingerprint density at radius 2 is 1.43 bits per heavy atom. The van der Waals surface area contributed by atoms with Gasteiger partial charge in [0.15, 0.2) is 11.6 Å². The second kappa shape index (κ2) is 7.59. The van der Waals surface area contributed by atoms with Crippen LogP contribution in [0.15, 0.2) is 72.8 Å². The molecule has 30 heavy (non-hydrogen) atoms. The molecule has 0 radical (unpaired) electrons. The average molecular weight is 399 g/mol. The third kappa shape index (κ3) is 3.08. The SMILES string of the molecule is COc1ccc(C2(CC(=O)Nc3ccccc3C)C(=O)c3ccccc3C2=O)cc1. The molecule has 5 heteroatoms. The van der Waals surface area contributed by atoms with Crippen molar-refractivity contribution < 1.29 is 19.1 Å². The van der Waals surface area contributed by atoms with Gasteiger partial charge in [-0.15, -0.1) is 0 Å². The lowest BCUT2D eigenvalue weighted by molar-refractivity contribution is -0.116. The molecule has 1 aliphatic carbocycles. The minimum absolute atomic E-state index is 0.278. The van der Waals surface area contributed by atoms with Crippen LogP contribution in [0.2, 0.25) is 0 Å². The van der Waals surface area contributed by atoms with Crippen LogP contribution in [0, 0.1) is 6.92 Å². The Balaban J connectivity index is 1.77. The van der Waals surface area contributed by atoms with E-state index in [-0.39, 0.29) is 18.0 Å². The van der Waals surface area contributed by atoms with Crippen LogP contribution < -0.4 is 10.1 Å². The third-order valence-corrected chi connectivity index (χ3v) is 5.62. The Kier molecular flexibility index (Phi) is 4.96. The molecule has 0 heterocycles. The van der Waals surface area contributed by atoms with Crippen LogP contribution in [-0.2, 0) is 10.2 Å². The summed E-state index contributed by atoms with van der Waals surface area (Å²) >= 11 is 0. The first-order valence-corrected chi connectivity index (χ1v) is 9.66. The van der Waals surface area contributed by atoms with E-state index in [0.29, 0.717) is 28.1 Å². The lowest BCUT2D eigenvalue weighted by atomic mass is 9.73. The van der Waals surface area contributed by atoms with Gasteiger partial charge >= 0.3 is 0 Å². The Morgan fingerprint density at radius 1 is 0.867 bits per heavy atom. The molecule has 0 aliphatic heterocycles. The first-order valence-electron chi connectivity index (χ1n) is 9.66. The minimum Gasteiger partial charge on any atom is -0.497 e. The summed E-state index contributed by atoms with van der Waals surface area (Å²) in [6.07, 6.45) is -0.278. The number of benzene rings is 3. The number of carbonyl (C=O) groups is 3. The van der Waals surface area contributed by atoms with Crippen LogP contribution in [-0.4, -0.2) is 24.6 Å². The van der Waals surface area contributed by atoms with Crippen LogP contribution >= 0.6 is 0 Å². The van der Waals surface area contributed by atoms with Gasteiger partial charge in [0.25, 0.3) is 0 Å². The number of para-hydroxylation sites is 1. The van der Waals surface area contributed by atoms with Gasteiger partial charge in [-0.2, -0.15) is 0 Å². The van der Waals surface area contributed by atoms with Gasteiger partial charge in [0.05, 0.1) is 13.5 Å². The molecule has 0 bridgehead atoms. The molecule has 0 saturated heterocycles. The van der Waals surface area contributed by atoms with Crippen molar-refractivity contribution in [3.63, 3.8) is 0 Å². The van der Waals surface area contributed by atoms with Crippen LogP contribution in [0.4, 0.5) is 5.69 Å². The van der Waals surface area contributed by atoms with E-state index in [1.165, 1.54) is 0 Å². The summed E-state index contributed by atoms with van der Waals surface area (Å²) in [4.78, 5) is 40.0. The number of hydrogen-bond acceptors (Lipinski definition) is 4. The Labute approximate surface area is 174 Å². The van der Waals surface area contributed by atoms with E-state index < -0.39 is 11.3 Å². The molecule has 0 unspecified atom stereocenters. The maximum absolute atomic E-state index is 13.5. The van der Waals surface area contributed by atoms with E-state index in [0.717, 1.165) is 5.56 Å². The molecule has 1 N–H and O–H groups in total. The van der Waals surface area contributed by atoms with E-state index in [1.807, 2.05) is 25.1 Å². The summed E-state index contributed by atoms with van der Waals surface area (Å²) in [6.45, 7) is 1.89. The fraction of sp³-hybridized carbons (Fsp3) is 0.160. The van der Waals surface area contributed by atoms with E-state index >= 15 is 0 Å². The number of anilines is 1. The smallest absolute Gasteiger partial charge is 0.226 e. The van der Waals surface area contributed by atoms with Gasteiger partial charge in [0, 0.05) is 16.8 Å². The quantitative estimate of drug-likeness (QED) is 0.648. The van der Waals surface area contributed by atoms with Gasteiger partial charge in [0.1, 0.15) is 11.2 Å². The van der Waals surface area contributed by atoms with Gasteiger partial charge < -0.3 is 10.1 Å². The van der Waals surface area contributed by atoms with Crippen LogP contribution in [0.5, 0.6) is 5.75 Å². The number of hydrogen-bond donors (Lipinski definition) is 1. The number of nitrogens with one attached hydrogen (secondary N) is 1. The number of amides is 1. The molecule has 0 fully saturated rings. The van der Waals surface area contributed by atoms with Gasteiger partial charge in [0.2, 0.25) is 5.91 Å². The molecule has 3 aromatic rings. The molecular weight excluding hydrogens is 378 g/mol. The van der Waals surface area contributed by atoms with E-state index in [1.54, 1.807) is 61.7 Å². The van der Waals surface area contributed by atoms with E-state index in [2.05, 4.69) is 5.32 Å². The number of aryl methyl sites for hydroxylation is 1. The number of fused-ring (bicyclic) bond motifs is 1. The lowest BCUT2D eigenvalue weighted by Gasteiger charge is -2.26. The van der Waals surface area contributed by atoms with Gasteiger partial charge in [-0.3, -0.25) is 14.4 Å². The second-order valence-electron chi connectivity index (χ2n) is 7.38. The maximum Gasteiger partial charge on any atom is 0.226 e. The van der Waals surface area contributed by atoms with Crippen molar-refractivity contribution in [3.8, 4) is 5.75 Å². The second-order valence-corrected chi connectivity index (χ2v) is 7.38. The standard InChI is InChI=1S/C25H21NO4/c1-16-7-3-6-10-21(16)26-22(27)15-25(17-11-13-18(30-2)14-12-17)23(28)19-8-4-5-9-20(19)24(25)29/h3-14H,15H2,1-2H3,(H,26,27). The molecule has 1 aliphatic rings. The number of methoxy groups -OCH3 is 1. The Hall–Kier alpha value is -3.73. The van der Waals surface area contributed by atoms with Crippen LogP contribution in [0.3, 0.4) is 0 Å². The van der Waals surface area contributed by atoms with Crippen molar-refractivity contribution in [3.05, 3.63) is 95.1 Å². The lowest BCUT2D eigenvalue weighted by Crippen LogP contribution is -2.42. The third-order valence-electron chi connectivity index (χ3n) is 5.62. The zero-order valence-electron chi connectivity index (χ0n) is 16.8. The van der Waals surface area contributed by atoms with Gasteiger partial charge in [-0.05, 0) is 36.2 Å². The van der Waals surface area contributed by atoms with E-state index in [9.17, 15) is 14.4 Å². The number of rotatable bonds is 5. The summed E-state index contributed by atoms with van der Waals surface area (Å²) in [7, 11) is 1.54. The highest BCUT2D eigenvalue weighted by Crippen LogP contribution is 2.43. The minimum atomic E-state index is -1.59. The van der Waals surface area contributed by atoms with Crippen molar-refractivity contribution >= 4 is 23.2 Å². The number of Topliss-reactive ketones (excluding diaryl/α,β-unsaturated/α-hetero) is 2. The number of ether oxygens (including phenoxy) is 1. The molecule has 0 saturated carbocycles. The van der Waals surface area contributed by atoms with Crippen molar-refractivity contribution in [1.82, 2.24) is 0 Å². The van der Waals surface area contributed by atoms with Crippen molar-refractivity contribution in [2.24, 2.45) is 0 Å². The highest BCUT2D eigenvalue weighted by atomic mass is 16.5. The first kappa shape index (κ1) is 19.6. The molecule has 4 rings (SSSR count). The van der Waals surface area contributed by atoms with Crippen LogP contribution in [0.25, 0.3) is 0 Å². The number of ketones is 2. The predicted molar refractivity (Wildman–Crippen MR) is 114 cm³/mol. The highest BCUT2D eigenvalue weighted by molar-refractivity contribution is 6.34. The number of carbonyl (C=O) groups excluding carboxylic acids is 3. The zero-order valence-corrected chi connectivity index (χ0v) is 16.8. The molecule has 5 nitrogen and oxygen atoms in total. The van der Waals surface area contributed by atoms with Crippen molar-refractivity contribution in [2.45, 2.75) is 18.8 Å². The monoisotopic (exact) mass is 399 g/mol. The Morgan fingerprint density at radius 3 is 2.00 bits per heavy atom. The Bertz CT molecular complexity index is 1110. The van der Waals surface area contributed by atoms with Crippen molar-refractivity contribution in [2.75, 3.05) is 12.4 Å². The van der Waals surface area contributed by atoms with Crippen molar-refractivity contribution in [1.29, 1.82) is 0 Å². The summed E-state index contributed by atoms with van der Waals surface area (Å²) < 4.78 is 5.20. The molecule has 0 spiro atoms. The molecule has 0 atom stereocenters. The van der Waals surface area contributed by atoms with Gasteiger partial charge in [-0.25, -0.2) is 0 Å². The predicted octanol–water partition coefficient (Wildman–Crippen LogP) is 4.35. The van der Waals surface area contributed by atoms with E-state index in [4.69, 9.17) is 4.74 Å². The zero-order chi connectivity index (χ0) is 21.3. The summed E-state index contributed by atoms with van der Waals surface area (Å²) in [6, 6.07) is 20.9. The molecular formula is C25H21NO4. The molecule has 150 valence electrons.